The van der Waals surface area contributed by atoms with Crippen LogP contribution < -0.4 is 5.32 Å². The average Bonchev–Trinajstić information content (AvgIpc) is 2.46. The van der Waals surface area contributed by atoms with Gasteiger partial charge in [0.05, 0.1) is 5.56 Å². The van der Waals surface area contributed by atoms with Crippen molar-refractivity contribution >= 4 is 5.91 Å². The maximum Gasteiger partial charge on any atom is 0.416 e. The van der Waals surface area contributed by atoms with E-state index >= 15 is 0 Å². The lowest BCUT2D eigenvalue weighted by molar-refractivity contribution is -0.137. The summed E-state index contributed by atoms with van der Waals surface area (Å²) in [5.41, 5.74) is -1.47. The van der Waals surface area contributed by atoms with E-state index in [0.717, 1.165) is 32.0 Å². The van der Waals surface area contributed by atoms with Crippen molar-refractivity contribution in [2.24, 2.45) is 0 Å². The monoisotopic (exact) mass is 318 g/mol. The summed E-state index contributed by atoms with van der Waals surface area (Å²) in [5, 5.41) is 2.54. The molecule has 1 aliphatic rings. The minimum atomic E-state index is -4.68. The number of carbonyl (C=O) groups excluding carboxylic acids is 1. The first kappa shape index (κ1) is 16.7. The molecule has 3 nitrogen and oxygen atoms in total. The number of nitrogens with zero attached hydrogens (tertiary/aromatic N) is 1. The molecule has 122 valence electrons. The van der Waals surface area contributed by atoms with E-state index in [1.807, 2.05) is 0 Å². The molecule has 1 aromatic carbocycles. The Kier molecular flexibility index (Phi) is 5.39. The van der Waals surface area contributed by atoms with Crippen molar-refractivity contribution in [3.63, 3.8) is 0 Å². The molecule has 1 saturated heterocycles. The Morgan fingerprint density at radius 1 is 1.14 bits per heavy atom. The Morgan fingerprint density at radius 2 is 1.82 bits per heavy atom. The molecule has 0 unspecified atom stereocenters. The van der Waals surface area contributed by atoms with Gasteiger partial charge in [-0.2, -0.15) is 13.2 Å². The first-order valence-electron chi connectivity index (χ1n) is 7.24. The zero-order chi connectivity index (χ0) is 16.2. The van der Waals surface area contributed by atoms with Gasteiger partial charge in [0.15, 0.2) is 0 Å². The van der Waals surface area contributed by atoms with Crippen LogP contribution in [0.2, 0.25) is 0 Å². The number of rotatable bonds is 4. The highest BCUT2D eigenvalue weighted by Crippen LogP contribution is 2.30. The summed E-state index contributed by atoms with van der Waals surface area (Å²) in [6, 6.07) is 1.86. The number of amides is 1. The predicted molar refractivity (Wildman–Crippen MR) is 74.0 cm³/mol. The van der Waals surface area contributed by atoms with Crippen LogP contribution >= 0.6 is 0 Å². The van der Waals surface area contributed by atoms with Gasteiger partial charge in [0.25, 0.3) is 5.91 Å². The number of benzene rings is 1. The molecule has 0 saturated carbocycles. The van der Waals surface area contributed by atoms with Crippen LogP contribution in [0.3, 0.4) is 0 Å². The molecule has 0 aliphatic carbocycles. The zero-order valence-corrected chi connectivity index (χ0v) is 12.0. The van der Waals surface area contributed by atoms with Gasteiger partial charge in [-0.3, -0.25) is 4.79 Å². The molecule has 0 atom stereocenters. The first-order chi connectivity index (χ1) is 10.4. The SMILES string of the molecule is O=C(NCCN1CCCCC1)c1cc(F)cc(C(F)(F)F)c1. The van der Waals surface area contributed by atoms with Gasteiger partial charge in [-0.25, -0.2) is 4.39 Å². The van der Waals surface area contributed by atoms with Gasteiger partial charge < -0.3 is 10.2 Å². The lowest BCUT2D eigenvalue weighted by Crippen LogP contribution is -2.37. The predicted octanol–water partition coefficient (Wildman–Crippen LogP) is 3.06. The van der Waals surface area contributed by atoms with Crippen molar-refractivity contribution in [1.29, 1.82) is 0 Å². The molecule has 1 amide bonds. The highest BCUT2D eigenvalue weighted by atomic mass is 19.4. The van der Waals surface area contributed by atoms with Gasteiger partial charge in [0, 0.05) is 18.7 Å². The lowest BCUT2D eigenvalue weighted by Gasteiger charge is -2.26. The van der Waals surface area contributed by atoms with Gasteiger partial charge in [-0.1, -0.05) is 6.42 Å². The fraction of sp³-hybridized carbons (Fsp3) is 0.533. The molecule has 0 spiro atoms. The fourth-order valence-corrected chi connectivity index (χ4v) is 2.50. The van der Waals surface area contributed by atoms with Crippen LogP contribution in [0.25, 0.3) is 0 Å². The second kappa shape index (κ2) is 7.09. The van der Waals surface area contributed by atoms with Crippen LogP contribution in [0.5, 0.6) is 0 Å². The van der Waals surface area contributed by atoms with Crippen molar-refractivity contribution in [1.82, 2.24) is 10.2 Å². The van der Waals surface area contributed by atoms with E-state index in [-0.39, 0.29) is 5.56 Å². The highest BCUT2D eigenvalue weighted by molar-refractivity contribution is 5.94. The number of hydrogen-bond acceptors (Lipinski definition) is 2. The molecule has 1 heterocycles. The van der Waals surface area contributed by atoms with E-state index in [2.05, 4.69) is 10.2 Å². The fourth-order valence-electron chi connectivity index (χ4n) is 2.50. The molecule has 22 heavy (non-hydrogen) atoms. The zero-order valence-electron chi connectivity index (χ0n) is 12.0. The Labute approximate surface area is 126 Å². The molecule has 2 rings (SSSR count). The molecule has 0 radical (unpaired) electrons. The Hall–Kier alpha value is -1.63. The minimum absolute atomic E-state index is 0.314. The highest BCUT2D eigenvalue weighted by Gasteiger charge is 2.32. The van der Waals surface area contributed by atoms with E-state index in [4.69, 9.17) is 0 Å². The number of nitrogens with one attached hydrogen (secondary N) is 1. The molecule has 0 bridgehead atoms. The van der Waals surface area contributed by atoms with Crippen LogP contribution in [0.1, 0.15) is 35.2 Å². The molecule has 7 heteroatoms. The largest absolute Gasteiger partial charge is 0.416 e. The average molecular weight is 318 g/mol. The Balaban J connectivity index is 1.93. The van der Waals surface area contributed by atoms with Gasteiger partial charge in [-0.15, -0.1) is 0 Å². The first-order valence-corrected chi connectivity index (χ1v) is 7.24. The van der Waals surface area contributed by atoms with Crippen molar-refractivity contribution in [3.8, 4) is 0 Å². The second-order valence-electron chi connectivity index (χ2n) is 5.38. The van der Waals surface area contributed by atoms with E-state index in [1.54, 1.807) is 0 Å². The van der Waals surface area contributed by atoms with Crippen LogP contribution in [-0.2, 0) is 6.18 Å². The maximum absolute atomic E-state index is 13.2. The van der Waals surface area contributed by atoms with Gasteiger partial charge in [0.1, 0.15) is 5.82 Å². The van der Waals surface area contributed by atoms with Crippen molar-refractivity contribution < 1.29 is 22.4 Å². The Morgan fingerprint density at radius 3 is 2.45 bits per heavy atom. The minimum Gasteiger partial charge on any atom is -0.351 e. The maximum atomic E-state index is 13.2. The van der Waals surface area contributed by atoms with E-state index in [0.29, 0.717) is 25.2 Å². The summed E-state index contributed by atoms with van der Waals surface area (Å²) in [6.45, 7) is 2.91. The summed E-state index contributed by atoms with van der Waals surface area (Å²) in [6.07, 6.45) is -1.24. The van der Waals surface area contributed by atoms with E-state index in [9.17, 15) is 22.4 Å². The normalized spacial score (nSPS) is 16.5. The number of piperidine rings is 1. The summed E-state index contributed by atoms with van der Waals surface area (Å²) >= 11 is 0. The van der Waals surface area contributed by atoms with E-state index in [1.165, 1.54) is 6.42 Å². The molecule has 1 aromatic rings. The third kappa shape index (κ3) is 4.69. The molecule has 0 aromatic heterocycles. The number of likely N-dealkylation sites (tertiary alicyclic amines) is 1. The smallest absolute Gasteiger partial charge is 0.351 e. The summed E-state index contributed by atoms with van der Waals surface area (Å²) < 4.78 is 51.0. The quantitative estimate of drug-likeness (QED) is 0.866. The van der Waals surface area contributed by atoms with Crippen LogP contribution in [0, 0.1) is 5.82 Å². The van der Waals surface area contributed by atoms with Crippen LogP contribution in [0.15, 0.2) is 18.2 Å². The molecule has 1 aliphatic heterocycles. The topological polar surface area (TPSA) is 32.3 Å². The van der Waals surface area contributed by atoms with Crippen molar-refractivity contribution in [2.45, 2.75) is 25.4 Å². The van der Waals surface area contributed by atoms with Crippen molar-refractivity contribution in [3.05, 3.63) is 35.1 Å². The lowest BCUT2D eigenvalue weighted by atomic mass is 10.1. The summed E-state index contributed by atoms with van der Waals surface area (Å²) in [4.78, 5) is 14.0. The third-order valence-corrected chi connectivity index (χ3v) is 3.65. The third-order valence-electron chi connectivity index (χ3n) is 3.65. The Bertz CT molecular complexity index is 525. The summed E-state index contributed by atoms with van der Waals surface area (Å²) in [5.74, 6) is -1.77. The van der Waals surface area contributed by atoms with Gasteiger partial charge >= 0.3 is 6.18 Å². The van der Waals surface area contributed by atoms with Crippen molar-refractivity contribution in [2.75, 3.05) is 26.2 Å². The molecule has 1 N–H and O–H groups in total. The number of alkyl halides is 3. The number of hydrogen-bond donors (Lipinski definition) is 1. The standard InChI is InChI=1S/C15H18F4N2O/c16-13-9-11(8-12(10-13)15(17,18)19)14(22)20-4-7-21-5-2-1-3-6-21/h8-10H,1-7H2,(H,20,22). The molecular formula is C15H18F4N2O. The van der Waals surface area contributed by atoms with E-state index < -0.39 is 23.5 Å². The number of carbonyl (C=O) groups is 1. The van der Waals surface area contributed by atoms with Crippen LogP contribution in [0.4, 0.5) is 17.6 Å². The second-order valence-corrected chi connectivity index (χ2v) is 5.38. The number of halogens is 4. The molecule has 1 fully saturated rings. The summed E-state index contributed by atoms with van der Waals surface area (Å²) in [7, 11) is 0. The van der Waals surface area contributed by atoms with Crippen LogP contribution in [-0.4, -0.2) is 37.0 Å². The van der Waals surface area contributed by atoms with Gasteiger partial charge in [-0.05, 0) is 44.1 Å². The molecular weight excluding hydrogens is 300 g/mol. The van der Waals surface area contributed by atoms with Gasteiger partial charge in [0.2, 0.25) is 0 Å².